The Morgan fingerprint density at radius 2 is 1.94 bits per heavy atom. The smallest absolute Gasteiger partial charge is 0.130 e. The minimum absolute atomic E-state index is 0.205. The van der Waals surface area contributed by atoms with E-state index >= 15 is 0 Å². The molecule has 0 fully saturated rings. The number of aliphatic hydroxyl groups excluding tert-OH is 1. The number of aliphatic hydroxyl groups is 1. The highest BCUT2D eigenvalue weighted by molar-refractivity contribution is 5.39. The maximum Gasteiger partial charge on any atom is 0.130 e. The summed E-state index contributed by atoms with van der Waals surface area (Å²) in [5.74, 6) is 0.708. The van der Waals surface area contributed by atoms with Crippen LogP contribution in [0.2, 0.25) is 0 Å². The van der Waals surface area contributed by atoms with Crippen molar-refractivity contribution in [3.63, 3.8) is 0 Å². The molecule has 0 amide bonds. The van der Waals surface area contributed by atoms with Gasteiger partial charge in [0.15, 0.2) is 0 Å². The van der Waals surface area contributed by atoms with E-state index in [0.29, 0.717) is 11.3 Å². The molecule has 2 aromatic rings. The van der Waals surface area contributed by atoms with Crippen molar-refractivity contribution in [3.05, 3.63) is 59.4 Å². The van der Waals surface area contributed by atoms with E-state index in [1.165, 1.54) is 12.1 Å². The molecule has 1 N–H and O–H groups in total. The first-order valence-electron chi connectivity index (χ1n) is 5.89. The molecule has 18 heavy (non-hydrogen) atoms. The summed E-state index contributed by atoms with van der Waals surface area (Å²) >= 11 is 0. The maximum atomic E-state index is 13.3. The van der Waals surface area contributed by atoms with Crippen molar-refractivity contribution in [3.8, 4) is 11.5 Å². The van der Waals surface area contributed by atoms with Gasteiger partial charge in [-0.25, -0.2) is 4.39 Å². The van der Waals surface area contributed by atoms with E-state index in [1.54, 1.807) is 6.07 Å². The Morgan fingerprint density at radius 3 is 2.67 bits per heavy atom. The van der Waals surface area contributed by atoms with Crippen LogP contribution in [0.15, 0.2) is 42.5 Å². The van der Waals surface area contributed by atoms with Gasteiger partial charge in [0, 0.05) is 6.07 Å². The first kappa shape index (κ1) is 12.6. The fourth-order valence-corrected chi connectivity index (χ4v) is 1.79. The second-order valence-electron chi connectivity index (χ2n) is 4.02. The Hall–Kier alpha value is -1.87. The van der Waals surface area contributed by atoms with Crippen LogP contribution in [0.25, 0.3) is 0 Å². The van der Waals surface area contributed by atoms with Crippen LogP contribution in [0.1, 0.15) is 18.1 Å². The van der Waals surface area contributed by atoms with Crippen molar-refractivity contribution in [2.75, 3.05) is 0 Å². The summed E-state index contributed by atoms with van der Waals surface area (Å²) in [6.07, 6.45) is 0.846. The molecule has 0 saturated carbocycles. The van der Waals surface area contributed by atoms with Gasteiger partial charge in [0.1, 0.15) is 17.3 Å². The van der Waals surface area contributed by atoms with Crippen LogP contribution in [0, 0.1) is 5.82 Å². The monoisotopic (exact) mass is 246 g/mol. The number of hydrogen-bond donors (Lipinski definition) is 1. The number of rotatable bonds is 4. The van der Waals surface area contributed by atoms with E-state index in [2.05, 4.69) is 0 Å². The predicted octanol–water partition coefficient (Wildman–Crippen LogP) is 3.67. The summed E-state index contributed by atoms with van der Waals surface area (Å²) in [5.41, 5.74) is 1.56. The predicted molar refractivity (Wildman–Crippen MR) is 68.2 cm³/mol. The molecule has 0 aliphatic carbocycles. The van der Waals surface area contributed by atoms with Crippen molar-refractivity contribution in [2.45, 2.75) is 20.0 Å². The van der Waals surface area contributed by atoms with Crippen molar-refractivity contribution < 1.29 is 14.2 Å². The molecular formula is C15H15FO2. The lowest BCUT2D eigenvalue weighted by atomic mass is 10.1. The van der Waals surface area contributed by atoms with E-state index in [4.69, 9.17) is 9.84 Å². The van der Waals surface area contributed by atoms with Crippen LogP contribution >= 0.6 is 0 Å². The highest BCUT2D eigenvalue weighted by atomic mass is 19.1. The molecule has 3 heteroatoms. The Balaban J connectivity index is 2.30. The van der Waals surface area contributed by atoms with Crippen molar-refractivity contribution in [1.29, 1.82) is 0 Å². The zero-order valence-electron chi connectivity index (χ0n) is 10.2. The van der Waals surface area contributed by atoms with E-state index in [-0.39, 0.29) is 6.61 Å². The van der Waals surface area contributed by atoms with Crippen LogP contribution in [0.5, 0.6) is 11.5 Å². The number of hydrogen-bond acceptors (Lipinski definition) is 2. The average molecular weight is 246 g/mol. The Labute approximate surface area is 106 Å². The highest BCUT2D eigenvalue weighted by Crippen LogP contribution is 2.27. The Kier molecular flexibility index (Phi) is 3.95. The van der Waals surface area contributed by atoms with Gasteiger partial charge < -0.3 is 9.84 Å². The van der Waals surface area contributed by atoms with Gasteiger partial charge in [-0.2, -0.15) is 0 Å². The van der Waals surface area contributed by atoms with E-state index in [1.807, 2.05) is 31.2 Å². The van der Waals surface area contributed by atoms with Gasteiger partial charge in [-0.3, -0.25) is 0 Å². The fraction of sp³-hybridized carbons (Fsp3) is 0.200. The SMILES string of the molecule is CCc1ccccc1Oc1cc(F)cc(CO)c1. The zero-order chi connectivity index (χ0) is 13.0. The minimum atomic E-state index is -0.412. The molecule has 2 rings (SSSR count). The quantitative estimate of drug-likeness (QED) is 0.891. The molecule has 0 heterocycles. The molecule has 0 aliphatic heterocycles. The third-order valence-electron chi connectivity index (χ3n) is 2.69. The topological polar surface area (TPSA) is 29.5 Å². The second kappa shape index (κ2) is 5.65. The maximum absolute atomic E-state index is 13.3. The molecule has 0 aliphatic rings. The van der Waals surface area contributed by atoms with E-state index in [9.17, 15) is 4.39 Å². The largest absolute Gasteiger partial charge is 0.457 e. The van der Waals surface area contributed by atoms with Gasteiger partial charge >= 0.3 is 0 Å². The molecule has 0 spiro atoms. The molecule has 2 aromatic carbocycles. The van der Waals surface area contributed by atoms with E-state index < -0.39 is 5.82 Å². The number of ether oxygens (including phenoxy) is 1. The minimum Gasteiger partial charge on any atom is -0.457 e. The molecule has 0 saturated heterocycles. The van der Waals surface area contributed by atoms with Gasteiger partial charge in [-0.1, -0.05) is 25.1 Å². The third kappa shape index (κ3) is 2.87. The Morgan fingerprint density at radius 1 is 1.17 bits per heavy atom. The summed E-state index contributed by atoms with van der Waals surface area (Å²) in [5, 5.41) is 9.03. The fourth-order valence-electron chi connectivity index (χ4n) is 1.79. The van der Waals surface area contributed by atoms with Gasteiger partial charge in [0.05, 0.1) is 6.61 Å². The first-order valence-corrected chi connectivity index (χ1v) is 5.89. The molecule has 0 unspecified atom stereocenters. The summed E-state index contributed by atoms with van der Waals surface area (Å²) in [4.78, 5) is 0. The lowest BCUT2D eigenvalue weighted by Gasteiger charge is -2.10. The molecule has 0 aromatic heterocycles. The lowest BCUT2D eigenvalue weighted by Crippen LogP contribution is -1.93. The van der Waals surface area contributed by atoms with Gasteiger partial charge in [0.2, 0.25) is 0 Å². The third-order valence-corrected chi connectivity index (χ3v) is 2.69. The zero-order valence-corrected chi connectivity index (χ0v) is 10.2. The molecule has 0 radical (unpaired) electrons. The normalized spacial score (nSPS) is 10.4. The number of aryl methyl sites for hydroxylation is 1. The molecule has 0 atom stereocenters. The molecule has 94 valence electrons. The number of halogens is 1. The molecule has 2 nitrogen and oxygen atoms in total. The molecular weight excluding hydrogens is 231 g/mol. The van der Waals surface area contributed by atoms with Crippen molar-refractivity contribution in [2.24, 2.45) is 0 Å². The van der Waals surface area contributed by atoms with Gasteiger partial charge in [0.25, 0.3) is 0 Å². The van der Waals surface area contributed by atoms with Crippen LogP contribution < -0.4 is 4.74 Å². The van der Waals surface area contributed by atoms with Crippen molar-refractivity contribution >= 4 is 0 Å². The van der Waals surface area contributed by atoms with Gasteiger partial charge in [-0.05, 0) is 35.7 Å². The highest BCUT2D eigenvalue weighted by Gasteiger charge is 2.05. The van der Waals surface area contributed by atoms with Crippen LogP contribution in [-0.4, -0.2) is 5.11 Å². The van der Waals surface area contributed by atoms with Crippen LogP contribution in [0.4, 0.5) is 4.39 Å². The number of benzene rings is 2. The Bertz CT molecular complexity index is 538. The first-order chi connectivity index (χ1) is 8.72. The van der Waals surface area contributed by atoms with Crippen molar-refractivity contribution in [1.82, 2.24) is 0 Å². The summed E-state index contributed by atoms with van der Waals surface area (Å²) in [6, 6.07) is 11.9. The van der Waals surface area contributed by atoms with Crippen LogP contribution in [0.3, 0.4) is 0 Å². The second-order valence-corrected chi connectivity index (χ2v) is 4.02. The van der Waals surface area contributed by atoms with E-state index in [0.717, 1.165) is 17.7 Å². The molecule has 0 bridgehead atoms. The average Bonchev–Trinajstić information content (AvgIpc) is 2.38. The standard InChI is InChI=1S/C15H15FO2/c1-2-12-5-3-4-6-15(12)18-14-8-11(10-17)7-13(16)9-14/h3-9,17H,2,10H2,1H3. The summed E-state index contributed by atoms with van der Waals surface area (Å²) in [6.45, 7) is 1.83. The van der Waals surface area contributed by atoms with Gasteiger partial charge in [-0.15, -0.1) is 0 Å². The number of para-hydroxylation sites is 1. The summed E-state index contributed by atoms with van der Waals surface area (Å²) < 4.78 is 19.0. The van der Waals surface area contributed by atoms with Crippen LogP contribution in [-0.2, 0) is 13.0 Å². The summed E-state index contributed by atoms with van der Waals surface area (Å²) in [7, 11) is 0. The lowest BCUT2D eigenvalue weighted by molar-refractivity contribution is 0.280.